The van der Waals surface area contributed by atoms with Crippen molar-refractivity contribution in [2.24, 2.45) is 0 Å². The van der Waals surface area contributed by atoms with Gasteiger partial charge in [0.2, 0.25) is 0 Å². The van der Waals surface area contributed by atoms with Crippen LogP contribution < -0.4 is 9.64 Å². The average Bonchev–Trinajstić information content (AvgIpc) is 3.19. The molecule has 1 aromatic heterocycles. The zero-order chi connectivity index (χ0) is 26.8. The van der Waals surface area contributed by atoms with Crippen LogP contribution in [-0.4, -0.2) is 26.7 Å². The van der Waals surface area contributed by atoms with Crippen molar-refractivity contribution in [2.75, 3.05) is 4.90 Å². The number of ether oxygens (including phenoxy) is 1. The summed E-state index contributed by atoms with van der Waals surface area (Å²) >= 11 is 0. The number of non-ortho nitro benzene ring substituents is 1. The Morgan fingerprint density at radius 3 is 2.34 bits per heavy atom. The minimum atomic E-state index is -0.970. The molecule has 188 valence electrons. The zero-order valence-corrected chi connectivity index (χ0v) is 20.1. The lowest BCUT2D eigenvalue weighted by Crippen LogP contribution is -2.29. The molecule has 9 nitrogen and oxygen atoms in total. The molecule has 2 heterocycles. The molecular weight excluding hydrogens is 486 g/mol. The van der Waals surface area contributed by atoms with E-state index in [1.807, 2.05) is 31.2 Å². The van der Waals surface area contributed by atoms with Crippen molar-refractivity contribution in [1.29, 1.82) is 0 Å². The number of aryl methyl sites for hydroxylation is 1. The molecule has 38 heavy (non-hydrogen) atoms. The smallest absolute Gasteiger partial charge is 0.300 e. The van der Waals surface area contributed by atoms with Crippen LogP contribution in [0.25, 0.3) is 5.76 Å². The van der Waals surface area contributed by atoms with Crippen LogP contribution >= 0.6 is 0 Å². The lowest BCUT2D eigenvalue weighted by atomic mass is 9.96. The summed E-state index contributed by atoms with van der Waals surface area (Å²) in [6.07, 6.45) is 3.07. The van der Waals surface area contributed by atoms with Gasteiger partial charge in [-0.1, -0.05) is 18.2 Å². The monoisotopic (exact) mass is 507 g/mol. The number of pyridine rings is 1. The number of amides is 1. The number of benzene rings is 3. The number of nitro groups is 1. The van der Waals surface area contributed by atoms with E-state index in [4.69, 9.17) is 4.74 Å². The Morgan fingerprint density at radius 2 is 1.71 bits per heavy atom. The SMILES string of the molecule is Cc1cccc(Oc2ccc(N3C(=O)C(=O)/C(=C(\O)c4ccc([N+](=O)[O-])cc4)C3c3cccnc3)cc2)c1. The number of nitrogens with zero attached hydrogens (tertiary/aromatic N) is 3. The van der Waals surface area contributed by atoms with Crippen molar-refractivity contribution in [3.8, 4) is 11.5 Å². The largest absolute Gasteiger partial charge is 0.507 e. The summed E-state index contributed by atoms with van der Waals surface area (Å²) in [4.78, 5) is 42.4. The van der Waals surface area contributed by atoms with E-state index in [1.165, 1.54) is 35.4 Å². The molecular formula is C29H21N3O6. The lowest BCUT2D eigenvalue weighted by molar-refractivity contribution is -0.384. The van der Waals surface area contributed by atoms with Crippen LogP contribution in [-0.2, 0) is 9.59 Å². The van der Waals surface area contributed by atoms with Crippen molar-refractivity contribution in [1.82, 2.24) is 4.98 Å². The molecule has 5 rings (SSSR count). The van der Waals surface area contributed by atoms with E-state index in [0.29, 0.717) is 22.7 Å². The lowest BCUT2D eigenvalue weighted by Gasteiger charge is -2.25. The molecule has 1 aliphatic rings. The van der Waals surface area contributed by atoms with Gasteiger partial charge < -0.3 is 9.84 Å². The van der Waals surface area contributed by atoms with Crippen LogP contribution in [0.2, 0.25) is 0 Å². The van der Waals surface area contributed by atoms with Crippen molar-refractivity contribution in [2.45, 2.75) is 13.0 Å². The van der Waals surface area contributed by atoms with Gasteiger partial charge in [-0.05, 0) is 72.6 Å². The number of nitro benzene ring substituents is 1. The van der Waals surface area contributed by atoms with Crippen LogP contribution in [0.3, 0.4) is 0 Å². The van der Waals surface area contributed by atoms with E-state index in [9.17, 15) is 24.8 Å². The van der Waals surface area contributed by atoms with Gasteiger partial charge in [-0.2, -0.15) is 0 Å². The third-order valence-electron chi connectivity index (χ3n) is 6.14. The van der Waals surface area contributed by atoms with E-state index in [1.54, 1.807) is 42.6 Å². The fourth-order valence-electron chi connectivity index (χ4n) is 4.34. The molecule has 3 aromatic carbocycles. The maximum atomic E-state index is 13.3. The number of anilines is 1. The second kappa shape index (κ2) is 9.98. The fraction of sp³-hybridized carbons (Fsp3) is 0.0690. The highest BCUT2D eigenvalue weighted by atomic mass is 16.6. The molecule has 1 fully saturated rings. The van der Waals surface area contributed by atoms with Gasteiger partial charge in [-0.3, -0.25) is 29.6 Å². The summed E-state index contributed by atoms with van der Waals surface area (Å²) in [6, 6.07) is 21.8. The highest BCUT2D eigenvalue weighted by Gasteiger charge is 2.47. The summed E-state index contributed by atoms with van der Waals surface area (Å²) in [6.45, 7) is 1.96. The number of ketones is 1. The first-order chi connectivity index (χ1) is 18.3. The second-order valence-corrected chi connectivity index (χ2v) is 8.67. The molecule has 1 N–H and O–H groups in total. The quantitative estimate of drug-likeness (QED) is 0.116. The number of aliphatic hydroxyl groups is 1. The van der Waals surface area contributed by atoms with E-state index < -0.39 is 28.4 Å². The van der Waals surface area contributed by atoms with E-state index >= 15 is 0 Å². The predicted molar refractivity (Wildman–Crippen MR) is 140 cm³/mol. The molecule has 1 aliphatic heterocycles. The Balaban J connectivity index is 1.55. The number of hydrogen-bond donors (Lipinski definition) is 1. The molecule has 0 spiro atoms. The van der Waals surface area contributed by atoms with Crippen LogP contribution in [0.5, 0.6) is 11.5 Å². The van der Waals surface area contributed by atoms with Gasteiger partial charge in [0.15, 0.2) is 0 Å². The molecule has 0 saturated carbocycles. The third-order valence-corrected chi connectivity index (χ3v) is 6.14. The minimum absolute atomic E-state index is 0.142. The van der Waals surface area contributed by atoms with E-state index in [2.05, 4.69) is 4.98 Å². The fourth-order valence-corrected chi connectivity index (χ4v) is 4.34. The summed E-state index contributed by atoms with van der Waals surface area (Å²) in [5.41, 5.74) is 1.84. The molecule has 1 saturated heterocycles. The van der Waals surface area contributed by atoms with Gasteiger partial charge in [0, 0.05) is 35.8 Å². The molecule has 0 radical (unpaired) electrons. The first-order valence-electron chi connectivity index (χ1n) is 11.6. The number of hydrogen-bond acceptors (Lipinski definition) is 7. The normalized spacial score (nSPS) is 16.4. The Labute approximate surface area is 217 Å². The first-order valence-corrected chi connectivity index (χ1v) is 11.6. The summed E-state index contributed by atoms with van der Waals surface area (Å²) in [5.74, 6) is -0.935. The van der Waals surface area contributed by atoms with Crippen molar-refractivity contribution in [3.05, 3.63) is 130 Å². The highest BCUT2D eigenvalue weighted by molar-refractivity contribution is 6.51. The van der Waals surface area contributed by atoms with Crippen molar-refractivity contribution < 1.29 is 24.4 Å². The average molecular weight is 508 g/mol. The van der Waals surface area contributed by atoms with Crippen molar-refractivity contribution in [3.63, 3.8) is 0 Å². The number of Topliss-reactive ketones (excluding diaryl/α,β-unsaturated/α-hetero) is 1. The molecule has 0 bridgehead atoms. The van der Waals surface area contributed by atoms with Crippen LogP contribution in [0, 0.1) is 17.0 Å². The van der Waals surface area contributed by atoms with Crippen LogP contribution in [0.4, 0.5) is 11.4 Å². The van der Waals surface area contributed by atoms with Crippen LogP contribution in [0.15, 0.2) is 103 Å². The number of carbonyl (C=O) groups excluding carboxylic acids is 2. The number of carbonyl (C=O) groups is 2. The van der Waals surface area contributed by atoms with E-state index in [0.717, 1.165) is 5.56 Å². The molecule has 4 aromatic rings. The molecule has 1 unspecified atom stereocenters. The Kier molecular flexibility index (Phi) is 6.40. The summed E-state index contributed by atoms with van der Waals surface area (Å²) in [5, 5.41) is 22.2. The summed E-state index contributed by atoms with van der Waals surface area (Å²) in [7, 11) is 0. The Hall–Kier alpha value is -5.31. The first kappa shape index (κ1) is 24.4. The standard InChI is InChI=1S/C29H21N3O6/c1-18-4-2-6-24(16-18)38-23-13-11-21(12-14-23)31-26(20-5-3-15-30-17-20)25(28(34)29(31)35)27(33)19-7-9-22(10-8-19)32(36)37/h2-17,26,33H,1H3/b27-25-. The number of aromatic nitrogens is 1. The number of rotatable bonds is 6. The summed E-state index contributed by atoms with van der Waals surface area (Å²) < 4.78 is 5.90. The molecule has 1 atom stereocenters. The van der Waals surface area contributed by atoms with Gasteiger partial charge >= 0.3 is 0 Å². The van der Waals surface area contributed by atoms with Gasteiger partial charge in [-0.15, -0.1) is 0 Å². The van der Waals surface area contributed by atoms with Crippen molar-refractivity contribution >= 4 is 28.8 Å². The Bertz CT molecular complexity index is 1560. The predicted octanol–water partition coefficient (Wildman–Crippen LogP) is 5.72. The molecule has 9 heteroatoms. The maximum absolute atomic E-state index is 13.3. The van der Waals surface area contributed by atoms with E-state index in [-0.39, 0.29) is 16.8 Å². The van der Waals surface area contributed by atoms with Gasteiger partial charge in [0.25, 0.3) is 17.4 Å². The minimum Gasteiger partial charge on any atom is -0.507 e. The maximum Gasteiger partial charge on any atom is 0.300 e. The van der Waals surface area contributed by atoms with Gasteiger partial charge in [0.1, 0.15) is 17.3 Å². The zero-order valence-electron chi connectivity index (χ0n) is 20.1. The molecule has 0 aliphatic carbocycles. The Morgan fingerprint density at radius 1 is 0.974 bits per heavy atom. The van der Waals surface area contributed by atoms with Crippen LogP contribution in [0.1, 0.15) is 22.7 Å². The highest BCUT2D eigenvalue weighted by Crippen LogP contribution is 2.42. The third kappa shape index (κ3) is 4.60. The second-order valence-electron chi connectivity index (χ2n) is 8.67. The molecule has 1 amide bonds. The van der Waals surface area contributed by atoms with Gasteiger partial charge in [-0.25, -0.2) is 0 Å². The van der Waals surface area contributed by atoms with Gasteiger partial charge in [0.05, 0.1) is 16.5 Å². The number of aliphatic hydroxyl groups excluding tert-OH is 1. The topological polar surface area (TPSA) is 123 Å².